The summed E-state index contributed by atoms with van der Waals surface area (Å²) in [7, 11) is 1.71. The molecule has 24 heavy (non-hydrogen) atoms. The SMILES string of the molecule is CN(Cc1ccccc1)C(=O)Cc1c(C(=O)[O-])[nH]c2ccccc12. The monoisotopic (exact) mass is 321 g/mol. The van der Waals surface area contributed by atoms with Gasteiger partial charge in [-0.15, -0.1) is 0 Å². The molecule has 0 fully saturated rings. The standard InChI is InChI=1S/C19H18N2O3/c1-21(12-13-7-3-2-4-8-13)17(22)11-15-14-9-5-6-10-16(14)20-18(15)19(23)24/h2-10,20H,11-12H2,1H3,(H,23,24)/p-1. The smallest absolute Gasteiger partial charge is 0.227 e. The van der Waals surface area contributed by atoms with Crippen LogP contribution >= 0.6 is 0 Å². The second kappa shape index (κ2) is 6.58. The number of carboxylic acid groups (broad SMARTS) is 1. The number of aromatic amines is 1. The van der Waals surface area contributed by atoms with Crippen LogP contribution in [0.2, 0.25) is 0 Å². The van der Waals surface area contributed by atoms with Crippen molar-refractivity contribution in [2.24, 2.45) is 0 Å². The number of aromatic carboxylic acids is 1. The molecule has 0 unspecified atom stereocenters. The maximum Gasteiger partial charge on any atom is 0.227 e. The maximum atomic E-state index is 12.5. The number of benzene rings is 2. The average Bonchev–Trinajstić information content (AvgIpc) is 2.95. The van der Waals surface area contributed by atoms with Crippen molar-refractivity contribution in [3.63, 3.8) is 0 Å². The van der Waals surface area contributed by atoms with E-state index in [2.05, 4.69) is 4.98 Å². The Labute approximate surface area is 139 Å². The molecule has 5 heteroatoms. The predicted molar refractivity (Wildman–Crippen MR) is 89.2 cm³/mol. The van der Waals surface area contributed by atoms with Crippen LogP contribution in [-0.2, 0) is 17.8 Å². The largest absolute Gasteiger partial charge is 0.543 e. The van der Waals surface area contributed by atoms with Gasteiger partial charge in [-0.05, 0) is 17.2 Å². The summed E-state index contributed by atoms with van der Waals surface area (Å²) in [6, 6.07) is 16.9. The number of fused-ring (bicyclic) bond motifs is 1. The topological polar surface area (TPSA) is 76.2 Å². The van der Waals surface area contributed by atoms with Gasteiger partial charge in [0.1, 0.15) is 0 Å². The molecule has 0 aliphatic rings. The van der Waals surface area contributed by atoms with E-state index >= 15 is 0 Å². The second-order valence-electron chi connectivity index (χ2n) is 5.72. The zero-order valence-corrected chi connectivity index (χ0v) is 13.3. The number of aromatic nitrogens is 1. The molecular formula is C19H17N2O3-. The lowest BCUT2D eigenvalue weighted by atomic mass is 10.1. The van der Waals surface area contributed by atoms with E-state index in [4.69, 9.17) is 0 Å². The van der Waals surface area contributed by atoms with E-state index in [0.29, 0.717) is 17.6 Å². The van der Waals surface area contributed by atoms with Gasteiger partial charge >= 0.3 is 0 Å². The van der Waals surface area contributed by atoms with Crippen LogP contribution in [-0.4, -0.2) is 28.8 Å². The van der Waals surface area contributed by atoms with Crippen molar-refractivity contribution >= 4 is 22.8 Å². The Morgan fingerprint density at radius 3 is 2.42 bits per heavy atom. The summed E-state index contributed by atoms with van der Waals surface area (Å²) in [5, 5.41) is 12.1. The number of carboxylic acids is 1. The minimum absolute atomic E-state index is 0.0106. The number of carbonyl (C=O) groups excluding carboxylic acids is 2. The fraction of sp³-hybridized carbons (Fsp3) is 0.158. The number of nitrogens with zero attached hydrogens (tertiary/aromatic N) is 1. The summed E-state index contributed by atoms with van der Waals surface area (Å²) < 4.78 is 0. The third kappa shape index (κ3) is 3.15. The normalized spacial score (nSPS) is 10.7. The molecule has 5 nitrogen and oxygen atoms in total. The number of amides is 1. The lowest BCUT2D eigenvalue weighted by Crippen LogP contribution is -2.29. The molecule has 3 rings (SSSR count). The van der Waals surface area contributed by atoms with Crippen LogP contribution in [0.3, 0.4) is 0 Å². The molecule has 0 aliphatic carbocycles. The van der Waals surface area contributed by atoms with Crippen LogP contribution in [0.5, 0.6) is 0 Å². The fourth-order valence-electron chi connectivity index (χ4n) is 2.79. The Balaban J connectivity index is 1.85. The van der Waals surface area contributed by atoms with Crippen molar-refractivity contribution in [2.75, 3.05) is 7.05 Å². The van der Waals surface area contributed by atoms with E-state index < -0.39 is 5.97 Å². The van der Waals surface area contributed by atoms with E-state index in [1.807, 2.05) is 42.5 Å². The molecule has 0 aliphatic heterocycles. The lowest BCUT2D eigenvalue weighted by molar-refractivity contribution is -0.255. The van der Waals surface area contributed by atoms with Crippen LogP contribution in [0, 0.1) is 0 Å². The van der Waals surface area contributed by atoms with E-state index in [-0.39, 0.29) is 18.0 Å². The molecule has 1 aromatic heterocycles. The molecule has 0 saturated carbocycles. The number of rotatable bonds is 5. The zero-order chi connectivity index (χ0) is 17.1. The number of nitrogens with one attached hydrogen (secondary N) is 1. The second-order valence-corrected chi connectivity index (χ2v) is 5.72. The Hall–Kier alpha value is -3.08. The summed E-state index contributed by atoms with van der Waals surface area (Å²) >= 11 is 0. The molecule has 122 valence electrons. The van der Waals surface area contributed by atoms with Crippen molar-refractivity contribution in [2.45, 2.75) is 13.0 Å². The molecule has 0 radical (unpaired) electrons. The average molecular weight is 321 g/mol. The highest BCUT2D eigenvalue weighted by Crippen LogP contribution is 2.23. The molecule has 1 amide bonds. The summed E-state index contributed by atoms with van der Waals surface area (Å²) in [6.07, 6.45) is 0.0106. The highest BCUT2D eigenvalue weighted by Gasteiger charge is 2.17. The third-order valence-corrected chi connectivity index (χ3v) is 4.03. The van der Waals surface area contributed by atoms with Crippen molar-refractivity contribution in [3.05, 3.63) is 71.4 Å². The molecule has 1 heterocycles. The molecule has 0 saturated heterocycles. The number of para-hydroxylation sites is 1. The minimum Gasteiger partial charge on any atom is -0.543 e. The van der Waals surface area contributed by atoms with Crippen LogP contribution in [0.25, 0.3) is 10.9 Å². The molecule has 0 bridgehead atoms. The van der Waals surface area contributed by atoms with Gasteiger partial charge in [-0.1, -0.05) is 48.5 Å². The van der Waals surface area contributed by atoms with E-state index in [1.165, 1.54) is 0 Å². The zero-order valence-electron chi connectivity index (χ0n) is 13.3. The Morgan fingerprint density at radius 1 is 1.04 bits per heavy atom. The first kappa shape index (κ1) is 15.8. The van der Waals surface area contributed by atoms with Crippen molar-refractivity contribution < 1.29 is 14.7 Å². The first-order chi connectivity index (χ1) is 11.6. The number of carbonyl (C=O) groups is 2. The van der Waals surface area contributed by atoms with Gasteiger partial charge < -0.3 is 19.8 Å². The summed E-state index contributed by atoms with van der Waals surface area (Å²) in [4.78, 5) is 28.3. The number of H-pyrrole nitrogens is 1. The van der Waals surface area contributed by atoms with Crippen LogP contribution in [0.4, 0.5) is 0 Å². The molecule has 0 atom stereocenters. The maximum absolute atomic E-state index is 12.5. The molecule has 3 aromatic rings. The quantitative estimate of drug-likeness (QED) is 0.777. The highest BCUT2D eigenvalue weighted by atomic mass is 16.4. The van der Waals surface area contributed by atoms with Crippen molar-refractivity contribution in [1.82, 2.24) is 9.88 Å². The highest BCUT2D eigenvalue weighted by molar-refractivity contribution is 5.99. The molecule has 1 N–H and O–H groups in total. The molecular weight excluding hydrogens is 304 g/mol. The van der Waals surface area contributed by atoms with Crippen LogP contribution < -0.4 is 5.11 Å². The number of likely N-dealkylation sites (N-methyl/N-ethyl adjacent to an activating group) is 1. The van der Waals surface area contributed by atoms with Gasteiger partial charge in [0, 0.05) is 24.5 Å². The van der Waals surface area contributed by atoms with Crippen molar-refractivity contribution in [1.29, 1.82) is 0 Å². The first-order valence-corrected chi connectivity index (χ1v) is 7.65. The van der Waals surface area contributed by atoms with Gasteiger partial charge in [-0.25, -0.2) is 0 Å². The number of hydrogen-bond donors (Lipinski definition) is 1. The van der Waals surface area contributed by atoms with Crippen molar-refractivity contribution in [3.8, 4) is 0 Å². The molecule has 0 spiro atoms. The lowest BCUT2D eigenvalue weighted by Gasteiger charge is -2.18. The fourth-order valence-corrected chi connectivity index (χ4v) is 2.79. The molecule has 2 aromatic carbocycles. The summed E-state index contributed by atoms with van der Waals surface area (Å²) in [6.45, 7) is 0.475. The van der Waals surface area contributed by atoms with Gasteiger partial charge in [0.25, 0.3) is 0 Å². The number of hydrogen-bond acceptors (Lipinski definition) is 3. The van der Waals surface area contributed by atoms with Gasteiger partial charge in [0.2, 0.25) is 5.91 Å². The van der Waals surface area contributed by atoms with Crippen LogP contribution in [0.15, 0.2) is 54.6 Å². The van der Waals surface area contributed by atoms with Gasteiger partial charge in [-0.3, -0.25) is 4.79 Å². The Kier molecular flexibility index (Phi) is 4.33. The third-order valence-electron chi connectivity index (χ3n) is 4.03. The van der Waals surface area contributed by atoms with E-state index in [9.17, 15) is 14.7 Å². The summed E-state index contributed by atoms with van der Waals surface area (Å²) in [5.74, 6) is -1.45. The predicted octanol–water partition coefficient (Wildman–Crippen LogP) is 1.73. The van der Waals surface area contributed by atoms with Gasteiger partial charge in [-0.2, -0.15) is 0 Å². The van der Waals surface area contributed by atoms with E-state index in [0.717, 1.165) is 10.9 Å². The van der Waals surface area contributed by atoms with E-state index in [1.54, 1.807) is 24.1 Å². The Morgan fingerprint density at radius 2 is 1.71 bits per heavy atom. The van der Waals surface area contributed by atoms with Crippen LogP contribution in [0.1, 0.15) is 21.6 Å². The Bertz CT molecular complexity index is 884. The van der Waals surface area contributed by atoms with Gasteiger partial charge in [0.05, 0.1) is 18.1 Å². The first-order valence-electron chi connectivity index (χ1n) is 7.65. The minimum atomic E-state index is -1.31. The van der Waals surface area contributed by atoms with Gasteiger partial charge in [0.15, 0.2) is 0 Å². The summed E-state index contributed by atoms with van der Waals surface area (Å²) in [5.41, 5.74) is 2.14.